The first-order chi connectivity index (χ1) is 16.4. The summed E-state index contributed by atoms with van der Waals surface area (Å²) < 4.78 is 16.7. The molecule has 2 atom stereocenters. The van der Waals surface area contributed by atoms with Crippen LogP contribution in [-0.2, 0) is 9.59 Å². The number of anilines is 1. The quantitative estimate of drug-likeness (QED) is 0.681. The third-order valence-corrected chi connectivity index (χ3v) is 6.37. The lowest BCUT2D eigenvalue weighted by molar-refractivity contribution is -0.361. The van der Waals surface area contributed by atoms with E-state index in [0.717, 1.165) is 17.7 Å². The first-order valence-electron chi connectivity index (χ1n) is 11.2. The molecule has 1 aromatic carbocycles. The molecule has 1 aromatic heterocycles. The van der Waals surface area contributed by atoms with Gasteiger partial charge >= 0.3 is 5.91 Å². The number of ketones is 1. The number of rotatable bonds is 6. The van der Waals surface area contributed by atoms with Crippen LogP contribution < -0.4 is 29.8 Å². The van der Waals surface area contributed by atoms with Crippen molar-refractivity contribution in [3.8, 4) is 17.2 Å². The molecule has 34 heavy (non-hydrogen) atoms. The number of aromatic amines is 1. The number of aryl methyl sites for hydroxylation is 1. The van der Waals surface area contributed by atoms with Crippen molar-refractivity contribution in [2.75, 3.05) is 26.6 Å². The second kappa shape index (κ2) is 9.59. The van der Waals surface area contributed by atoms with Crippen LogP contribution in [0.2, 0.25) is 0 Å². The average Bonchev–Trinajstić information content (AvgIpc) is 2.83. The van der Waals surface area contributed by atoms with Crippen LogP contribution in [0.1, 0.15) is 36.3 Å². The molecule has 0 fully saturated rings. The molecule has 2 heterocycles. The minimum Gasteiger partial charge on any atom is -0.496 e. The number of aromatic nitrogens is 1. The molecule has 3 N–H and O–H groups in total. The fraction of sp³-hybridized carbons (Fsp3) is 0.346. The summed E-state index contributed by atoms with van der Waals surface area (Å²) in [6.07, 6.45) is 3.71. The van der Waals surface area contributed by atoms with Crippen molar-refractivity contribution >= 4 is 17.5 Å². The lowest BCUT2D eigenvalue weighted by atomic mass is 9.71. The molecule has 178 valence electrons. The number of ether oxygens (including phenoxy) is 3. The van der Waals surface area contributed by atoms with Crippen LogP contribution in [-0.4, -0.2) is 33.0 Å². The van der Waals surface area contributed by atoms with Crippen LogP contribution in [0.3, 0.4) is 0 Å². The summed E-state index contributed by atoms with van der Waals surface area (Å²) in [5.74, 6) is 0.402. The largest absolute Gasteiger partial charge is 0.496 e. The van der Waals surface area contributed by atoms with Gasteiger partial charge < -0.3 is 19.5 Å². The summed E-state index contributed by atoms with van der Waals surface area (Å²) in [5.41, 5.74) is 3.64. The first-order valence-corrected chi connectivity index (χ1v) is 11.2. The zero-order chi connectivity index (χ0) is 24.4. The molecule has 2 unspecified atom stereocenters. The molecule has 0 bridgehead atoms. The minimum atomic E-state index is -0.762. The van der Waals surface area contributed by atoms with Crippen LogP contribution >= 0.6 is 0 Å². The molecule has 0 saturated carbocycles. The molecule has 8 nitrogen and oxygen atoms in total. The van der Waals surface area contributed by atoms with Crippen LogP contribution in [0, 0.1) is 12.8 Å². The smallest absolute Gasteiger partial charge is 0.317 e. The molecule has 4 rings (SSSR count). The number of Topliss-reactive ketones (excluding diaryl/α,β-unsaturated/α-hetero) is 1. The number of pyridine rings is 1. The number of hydrogen-bond acceptors (Lipinski definition) is 6. The van der Waals surface area contributed by atoms with E-state index in [4.69, 9.17) is 14.2 Å². The van der Waals surface area contributed by atoms with Crippen LogP contribution in [0.5, 0.6) is 17.2 Å². The molecule has 2 aromatic rings. The highest BCUT2D eigenvalue weighted by Crippen LogP contribution is 2.49. The van der Waals surface area contributed by atoms with E-state index >= 15 is 0 Å². The van der Waals surface area contributed by atoms with Crippen molar-refractivity contribution < 1.29 is 28.8 Å². The number of nitrogens with one attached hydrogen (secondary N) is 3. The predicted molar refractivity (Wildman–Crippen MR) is 127 cm³/mol. The second-order valence-electron chi connectivity index (χ2n) is 8.49. The molecule has 0 radical (unpaired) electrons. The Balaban J connectivity index is 1.86. The number of H-pyrrole nitrogens is 1. The molecule has 1 amide bonds. The standard InChI is InChI=1S/C26H29N3O5/c1-14-9-10-22(27-13-14)29-26(31)23-15(2)28-17-7-6-8-18(30)25(17)24(23)16-11-20(33-4)21(34-5)12-19(16)32-3/h9-13,23-24,28H,2,6-8H2,1,3-5H3,(H,27,29,31)/p+1. The molecule has 0 spiro atoms. The van der Waals surface area contributed by atoms with Crippen LogP contribution in [0.25, 0.3) is 0 Å². The van der Waals surface area contributed by atoms with Crippen molar-refractivity contribution in [2.45, 2.75) is 32.1 Å². The van der Waals surface area contributed by atoms with E-state index in [-0.39, 0.29) is 11.7 Å². The number of amides is 1. The Morgan fingerprint density at radius 3 is 2.44 bits per heavy atom. The minimum absolute atomic E-state index is 0.0165. The highest BCUT2D eigenvalue weighted by molar-refractivity contribution is 6.02. The van der Waals surface area contributed by atoms with E-state index in [1.807, 2.05) is 19.2 Å². The Morgan fingerprint density at radius 2 is 1.79 bits per heavy atom. The maximum absolute atomic E-state index is 13.6. The maximum Gasteiger partial charge on any atom is 0.317 e. The molecule has 1 aliphatic carbocycles. The fourth-order valence-corrected chi connectivity index (χ4v) is 4.73. The summed E-state index contributed by atoms with van der Waals surface area (Å²) in [4.78, 5) is 29.9. The molecule has 8 heteroatoms. The predicted octanol–water partition coefficient (Wildman–Crippen LogP) is 3.30. The summed E-state index contributed by atoms with van der Waals surface area (Å²) in [6.45, 7) is 6.13. The zero-order valence-electron chi connectivity index (χ0n) is 19.9. The van der Waals surface area contributed by atoms with Crippen molar-refractivity contribution in [3.63, 3.8) is 0 Å². The highest BCUT2D eigenvalue weighted by Gasteiger charge is 2.46. The van der Waals surface area contributed by atoms with E-state index in [1.165, 1.54) is 0 Å². The van der Waals surface area contributed by atoms with Gasteiger partial charge in [-0.15, -0.1) is 0 Å². The number of carbonyl (C=O) groups is 2. The second-order valence-corrected chi connectivity index (χ2v) is 8.49. The Labute approximate surface area is 199 Å². The zero-order valence-corrected chi connectivity index (χ0v) is 19.9. The third-order valence-electron chi connectivity index (χ3n) is 6.37. The Morgan fingerprint density at radius 1 is 1.09 bits per heavy atom. The van der Waals surface area contributed by atoms with Gasteiger partial charge in [0.05, 0.1) is 27.5 Å². The first kappa shape index (κ1) is 23.4. The van der Waals surface area contributed by atoms with Gasteiger partial charge in [-0.3, -0.25) is 4.79 Å². The van der Waals surface area contributed by atoms with Crippen molar-refractivity contribution in [1.82, 2.24) is 5.32 Å². The molecular weight excluding hydrogens is 434 g/mol. The normalized spacial score (nSPS) is 19.8. The van der Waals surface area contributed by atoms with Crippen molar-refractivity contribution in [2.24, 2.45) is 5.92 Å². The van der Waals surface area contributed by atoms with Gasteiger partial charge in [0.15, 0.2) is 17.3 Å². The van der Waals surface area contributed by atoms with Crippen molar-refractivity contribution in [3.05, 3.63) is 65.1 Å². The summed E-state index contributed by atoms with van der Waals surface area (Å²) in [7, 11) is 4.64. The van der Waals surface area contributed by atoms with E-state index in [9.17, 15) is 9.59 Å². The summed E-state index contributed by atoms with van der Waals surface area (Å²) in [5, 5.41) is 6.20. The van der Waals surface area contributed by atoms with Crippen molar-refractivity contribution in [1.29, 1.82) is 0 Å². The number of benzene rings is 1. The molecule has 1 aliphatic heterocycles. The van der Waals surface area contributed by atoms with Gasteiger partial charge in [0, 0.05) is 47.0 Å². The third kappa shape index (κ3) is 4.23. The number of allylic oxidation sites excluding steroid dienone is 2. The van der Waals surface area contributed by atoms with E-state index in [0.29, 0.717) is 52.7 Å². The number of carbonyl (C=O) groups excluding carboxylic acids is 2. The molecule has 0 saturated heterocycles. The summed E-state index contributed by atoms with van der Waals surface area (Å²) in [6, 6.07) is 7.20. The number of hydrogen-bond donors (Lipinski definition) is 2. The van der Waals surface area contributed by atoms with E-state index in [2.05, 4.69) is 22.2 Å². The van der Waals surface area contributed by atoms with Crippen LogP contribution in [0.4, 0.5) is 5.82 Å². The van der Waals surface area contributed by atoms with Gasteiger partial charge in [0.1, 0.15) is 11.7 Å². The lowest BCUT2D eigenvalue weighted by Gasteiger charge is -2.38. The van der Waals surface area contributed by atoms with Crippen LogP contribution in [0.15, 0.2) is 54.0 Å². The van der Waals surface area contributed by atoms with Gasteiger partial charge in [0.25, 0.3) is 5.82 Å². The molecular formula is C26H30N3O5+. The monoisotopic (exact) mass is 464 g/mol. The topological polar surface area (TPSA) is 100 Å². The van der Waals surface area contributed by atoms with E-state index < -0.39 is 11.8 Å². The Hall–Kier alpha value is -3.81. The SMILES string of the molecule is C=C1NC2=C(C(=O)CCC2)C(c2cc(OC)c(OC)cc2OC)C1C(=O)Nc1ccc(C)c[nH+]1. The van der Waals surface area contributed by atoms with Gasteiger partial charge in [-0.1, -0.05) is 6.58 Å². The van der Waals surface area contributed by atoms with Gasteiger partial charge in [-0.25, -0.2) is 15.1 Å². The Kier molecular flexibility index (Phi) is 6.58. The van der Waals surface area contributed by atoms with Gasteiger partial charge in [0.2, 0.25) is 0 Å². The lowest BCUT2D eigenvalue weighted by Crippen LogP contribution is -2.43. The van der Waals surface area contributed by atoms with E-state index in [1.54, 1.807) is 39.5 Å². The average molecular weight is 465 g/mol. The Bertz CT molecular complexity index is 1170. The maximum atomic E-state index is 13.6. The fourth-order valence-electron chi connectivity index (χ4n) is 4.73. The summed E-state index contributed by atoms with van der Waals surface area (Å²) >= 11 is 0. The highest BCUT2D eigenvalue weighted by atomic mass is 16.5. The van der Waals surface area contributed by atoms with Gasteiger partial charge in [-0.2, -0.15) is 0 Å². The molecule has 2 aliphatic rings. The number of methoxy groups -OCH3 is 3. The van der Waals surface area contributed by atoms with Gasteiger partial charge in [-0.05, 0) is 37.5 Å².